The van der Waals surface area contributed by atoms with Gasteiger partial charge in [0.25, 0.3) is 5.92 Å². The molecule has 0 aliphatic heterocycles. The zero-order valence-electron chi connectivity index (χ0n) is 9.81. The highest BCUT2D eigenvalue weighted by Crippen LogP contribution is 2.43. The van der Waals surface area contributed by atoms with Crippen molar-refractivity contribution in [2.45, 2.75) is 26.2 Å². The number of hydrogen-bond acceptors (Lipinski definition) is 1. The Hall–Kier alpha value is -0.870. The van der Waals surface area contributed by atoms with Gasteiger partial charge in [-0.15, -0.1) is 0 Å². The molecule has 0 saturated carbocycles. The predicted octanol–water partition coefficient (Wildman–Crippen LogP) is 4.59. The Bertz CT molecular complexity index is 473. The van der Waals surface area contributed by atoms with Crippen LogP contribution in [0.15, 0.2) is 18.2 Å². The predicted molar refractivity (Wildman–Crippen MR) is 66.4 cm³/mol. The first-order valence-corrected chi connectivity index (χ1v) is 5.88. The molecule has 6 heteroatoms. The van der Waals surface area contributed by atoms with Crippen molar-refractivity contribution in [3.63, 3.8) is 0 Å². The largest absolute Gasteiger partial charge is 0.481 e. The van der Waals surface area contributed by atoms with Gasteiger partial charge in [-0.1, -0.05) is 23.2 Å². The van der Waals surface area contributed by atoms with E-state index >= 15 is 0 Å². The summed E-state index contributed by atoms with van der Waals surface area (Å²) in [5.74, 6) is -4.65. The molecule has 1 aromatic carbocycles. The minimum atomic E-state index is -3.36. The van der Waals surface area contributed by atoms with E-state index in [-0.39, 0.29) is 10.0 Å². The van der Waals surface area contributed by atoms with Crippen molar-refractivity contribution in [2.24, 2.45) is 5.41 Å². The number of aliphatic carboxylic acids is 1. The molecule has 1 rings (SSSR count). The smallest absolute Gasteiger partial charge is 0.309 e. The SMILES string of the molecule is CC(C)(CC(F)(F)c1cc(Cl)ccc1Cl)C(=O)O. The van der Waals surface area contributed by atoms with Gasteiger partial charge in [-0.3, -0.25) is 4.79 Å². The Labute approximate surface area is 114 Å². The fourth-order valence-corrected chi connectivity index (χ4v) is 1.93. The monoisotopic (exact) mass is 296 g/mol. The zero-order chi connectivity index (χ0) is 14.1. The number of halogens is 4. The maximum atomic E-state index is 14.0. The minimum Gasteiger partial charge on any atom is -0.481 e. The molecule has 0 atom stereocenters. The summed E-state index contributed by atoms with van der Waals surface area (Å²) in [5.41, 5.74) is -2.01. The lowest BCUT2D eigenvalue weighted by molar-refractivity contribution is -0.153. The molecule has 0 aromatic heterocycles. The highest BCUT2D eigenvalue weighted by molar-refractivity contribution is 6.33. The number of benzene rings is 1. The number of carboxylic acids is 1. The lowest BCUT2D eigenvalue weighted by Crippen LogP contribution is -2.31. The second kappa shape index (κ2) is 5.02. The first kappa shape index (κ1) is 15.2. The lowest BCUT2D eigenvalue weighted by Gasteiger charge is -2.26. The van der Waals surface area contributed by atoms with Crippen molar-refractivity contribution in [1.29, 1.82) is 0 Å². The van der Waals surface area contributed by atoms with Crippen molar-refractivity contribution in [2.75, 3.05) is 0 Å². The van der Waals surface area contributed by atoms with Crippen LogP contribution in [-0.4, -0.2) is 11.1 Å². The van der Waals surface area contributed by atoms with Crippen LogP contribution in [0.2, 0.25) is 10.0 Å². The van der Waals surface area contributed by atoms with E-state index in [4.69, 9.17) is 28.3 Å². The Kier molecular flexibility index (Phi) is 4.23. The summed E-state index contributed by atoms with van der Waals surface area (Å²) >= 11 is 11.4. The number of carbonyl (C=O) groups is 1. The molecule has 1 aromatic rings. The molecule has 0 unspecified atom stereocenters. The number of hydrogen-bond donors (Lipinski definition) is 1. The van der Waals surface area contributed by atoms with E-state index in [9.17, 15) is 13.6 Å². The molecule has 0 fully saturated rings. The molecule has 1 N–H and O–H groups in total. The summed E-state index contributed by atoms with van der Waals surface area (Å²) in [7, 11) is 0. The molecule has 0 saturated heterocycles. The molecular formula is C12H12Cl2F2O2. The fourth-order valence-electron chi connectivity index (χ4n) is 1.50. The normalized spacial score (nSPS) is 12.6. The van der Waals surface area contributed by atoms with Crippen LogP contribution in [0.3, 0.4) is 0 Å². The van der Waals surface area contributed by atoms with Crippen LogP contribution < -0.4 is 0 Å². The molecule has 0 amide bonds. The van der Waals surface area contributed by atoms with E-state index in [1.165, 1.54) is 26.0 Å². The van der Waals surface area contributed by atoms with Crippen LogP contribution in [0.25, 0.3) is 0 Å². The topological polar surface area (TPSA) is 37.3 Å². The Balaban J connectivity index is 3.13. The van der Waals surface area contributed by atoms with E-state index < -0.39 is 29.3 Å². The van der Waals surface area contributed by atoms with Crippen LogP contribution in [0, 0.1) is 5.41 Å². The standard InChI is InChI=1S/C12H12Cl2F2O2/c1-11(2,10(17)18)6-12(15,16)8-5-7(13)3-4-9(8)14/h3-5H,6H2,1-2H3,(H,17,18). The van der Waals surface area contributed by atoms with Gasteiger partial charge in [0, 0.05) is 22.0 Å². The summed E-state index contributed by atoms with van der Waals surface area (Å²) < 4.78 is 28.1. The second-order valence-corrected chi connectivity index (χ2v) is 5.54. The lowest BCUT2D eigenvalue weighted by atomic mass is 9.84. The van der Waals surface area contributed by atoms with Gasteiger partial charge in [-0.05, 0) is 32.0 Å². The van der Waals surface area contributed by atoms with Gasteiger partial charge in [0.15, 0.2) is 0 Å². The molecule has 100 valence electrons. The Morgan fingerprint density at radius 3 is 2.39 bits per heavy atom. The van der Waals surface area contributed by atoms with Gasteiger partial charge in [-0.25, -0.2) is 8.78 Å². The van der Waals surface area contributed by atoms with Crippen molar-refractivity contribution < 1.29 is 18.7 Å². The zero-order valence-corrected chi connectivity index (χ0v) is 11.3. The molecular weight excluding hydrogens is 285 g/mol. The van der Waals surface area contributed by atoms with Crippen LogP contribution in [0.4, 0.5) is 8.78 Å². The second-order valence-electron chi connectivity index (χ2n) is 4.69. The molecule has 2 nitrogen and oxygen atoms in total. The molecule has 0 spiro atoms. The third-order valence-corrected chi connectivity index (χ3v) is 3.13. The van der Waals surface area contributed by atoms with Crippen LogP contribution in [0.5, 0.6) is 0 Å². The highest BCUT2D eigenvalue weighted by Gasteiger charge is 2.43. The summed E-state index contributed by atoms with van der Waals surface area (Å²) in [4.78, 5) is 10.9. The summed E-state index contributed by atoms with van der Waals surface area (Å²) in [6.45, 7) is 2.48. The molecule has 0 bridgehead atoms. The maximum Gasteiger partial charge on any atom is 0.309 e. The van der Waals surface area contributed by atoms with Gasteiger partial charge < -0.3 is 5.11 Å². The number of carboxylic acid groups (broad SMARTS) is 1. The average Bonchev–Trinajstić information content (AvgIpc) is 2.19. The molecule has 18 heavy (non-hydrogen) atoms. The van der Waals surface area contributed by atoms with E-state index in [1.807, 2.05) is 0 Å². The number of alkyl halides is 2. The third-order valence-electron chi connectivity index (χ3n) is 2.57. The van der Waals surface area contributed by atoms with Gasteiger partial charge in [0.05, 0.1) is 5.41 Å². The van der Waals surface area contributed by atoms with Crippen LogP contribution in [-0.2, 0) is 10.7 Å². The Morgan fingerprint density at radius 1 is 1.33 bits per heavy atom. The van der Waals surface area contributed by atoms with Crippen molar-refractivity contribution in [3.05, 3.63) is 33.8 Å². The molecule has 0 radical (unpaired) electrons. The van der Waals surface area contributed by atoms with Crippen molar-refractivity contribution in [1.82, 2.24) is 0 Å². The van der Waals surface area contributed by atoms with Gasteiger partial charge in [0.1, 0.15) is 0 Å². The highest BCUT2D eigenvalue weighted by atomic mass is 35.5. The van der Waals surface area contributed by atoms with E-state index in [2.05, 4.69) is 0 Å². The molecule has 0 aliphatic rings. The summed E-state index contributed by atoms with van der Waals surface area (Å²) in [5, 5.41) is 8.88. The minimum absolute atomic E-state index is 0.127. The van der Waals surface area contributed by atoms with Crippen molar-refractivity contribution in [3.8, 4) is 0 Å². The summed E-state index contributed by atoms with van der Waals surface area (Å²) in [6.07, 6.45) is -0.852. The van der Waals surface area contributed by atoms with Gasteiger partial charge in [0.2, 0.25) is 0 Å². The van der Waals surface area contributed by atoms with E-state index in [0.29, 0.717) is 0 Å². The molecule has 0 aliphatic carbocycles. The fraction of sp³-hybridized carbons (Fsp3) is 0.417. The first-order valence-electron chi connectivity index (χ1n) is 5.13. The Morgan fingerprint density at radius 2 is 1.89 bits per heavy atom. The van der Waals surface area contributed by atoms with E-state index in [1.54, 1.807) is 0 Å². The van der Waals surface area contributed by atoms with Gasteiger partial charge >= 0.3 is 5.97 Å². The van der Waals surface area contributed by atoms with Crippen LogP contribution in [0.1, 0.15) is 25.8 Å². The average molecular weight is 297 g/mol. The van der Waals surface area contributed by atoms with E-state index in [0.717, 1.165) is 6.07 Å². The first-order chi connectivity index (χ1) is 8.06. The summed E-state index contributed by atoms with van der Waals surface area (Å²) in [6, 6.07) is 3.72. The van der Waals surface area contributed by atoms with Crippen molar-refractivity contribution >= 4 is 29.2 Å². The van der Waals surface area contributed by atoms with Gasteiger partial charge in [-0.2, -0.15) is 0 Å². The molecule has 0 heterocycles. The maximum absolute atomic E-state index is 14.0. The number of rotatable bonds is 4. The van der Waals surface area contributed by atoms with Crippen LogP contribution >= 0.6 is 23.2 Å². The quantitative estimate of drug-likeness (QED) is 0.882. The third kappa shape index (κ3) is 3.33.